The molecule has 0 aromatic heterocycles. The van der Waals surface area contributed by atoms with Crippen molar-refractivity contribution in [2.75, 3.05) is 11.5 Å². The number of benzene rings is 3. The number of fused-ring (bicyclic) bond motifs is 1. The minimum absolute atomic E-state index is 0.0332. The number of halogens is 3. The Labute approximate surface area is 285 Å². The van der Waals surface area contributed by atoms with E-state index in [0.29, 0.717) is 24.1 Å². The van der Waals surface area contributed by atoms with Crippen LogP contribution in [0.3, 0.4) is 0 Å². The number of aliphatic carboxylic acids is 2. The second-order valence-corrected chi connectivity index (χ2v) is 11.3. The van der Waals surface area contributed by atoms with Gasteiger partial charge in [-0.2, -0.15) is 13.2 Å². The topological polar surface area (TPSA) is 183 Å². The van der Waals surface area contributed by atoms with Crippen LogP contribution < -0.4 is 10.6 Å². The molecular weight excluding hydrogens is 665 g/mol. The zero-order valence-electron chi connectivity index (χ0n) is 27.6. The third-order valence-electron chi connectivity index (χ3n) is 7.65. The maximum atomic E-state index is 12.9. The molecule has 3 aromatic rings. The molecule has 0 spiro atoms. The molecule has 0 radical (unpaired) electrons. The SMILES string of the molecule is CCOC(=O)N1c2ccc(C(F)(F)F)cc2C(N)CC1CC.Cc1ccc(C(=O)O[C@H](C(=O)O)[C@H](OC(=O)c2ccc(C)cc2)C(=O)O)cc1. The molecule has 0 fully saturated rings. The van der Waals surface area contributed by atoms with E-state index in [9.17, 15) is 47.4 Å². The van der Waals surface area contributed by atoms with E-state index in [2.05, 4.69) is 0 Å². The molecule has 1 amide bonds. The second kappa shape index (κ2) is 16.8. The van der Waals surface area contributed by atoms with E-state index in [-0.39, 0.29) is 23.8 Å². The first-order valence-electron chi connectivity index (χ1n) is 15.4. The van der Waals surface area contributed by atoms with Crippen LogP contribution in [-0.2, 0) is 30.0 Å². The summed E-state index contributed by atoms with van der Waals surface area (Å²) in [5.41, 5.74) is 7.77. The van der Waals surface area contributed by atoms with Gasteiger partial charge in [-0.1, -0.05) is 42.3 Å². The zero-order valence-corrected chi connectivity index (χ0v) is 27.6. The largest absolute Gasteiger partial charge is 0.478 e. The molecule has 0 bridgehead atoms. The van der Waals surface area contributed by atoms with Crippen LogP contribution in [0.25, 0.3) is 0 Å². The maximum Gasteiger partial charge on any atom is 0.416 e. The number of anilines is 1. The molecule has 0 aliphatic carbocycles. The number of nitrogens with two attached hydrogens (primary N) is 1. The molecule has 12 nitrogen and oxygen atoms in total. The molecular formula is C35H37F3N2O10. The van der Waals surface area contributed by atoms with Gasteiger partial charge in [0.25, 0.3) is 0 Å². The summed E-state index contributed by atoms with van der Waals surface area (Å²) in [5, 5.41) is 18.6. The van der Waals surface area contributed by atoms with E-state index in [0.717, 1.165) is 23.3 Å². The van der Waals surface area contributed by atoms with Gasteiger partial charge in [-0.25, -0.2) is 24.0 Å². The smallest absolute Gasteiger partial charge is 0.416 e. The predicted octanol–water partition coefficient (Wildman–Crippen LogP) is 6.07. The van der Waals surface area contributed by atoms with E-state index >= 15 is 0 Å². The van der Waals surface area contributed by atoms with Crippen molar-refractivity contribution >= 4 is 35.7 Å². The van der Waals surface area contributed by atoms with Crippen molar-refractivity contribution in [2.24, 2.45) is 5.73 Å². The number of carboxylic acid groups (broad SMARTS) is 2. The van der Waals surface area contributed by atoms with E-state index in [4.69, 9.17) is 19.9 Å². The van der Waals surface area contributed by atoms with Gasteiger partial charge in [0, 0.05) is 12.1 Å². The van der Waals surface area contributed by atoms with Crippen molar-refractivity contribution < 1.29 is 61.6 Å². The average molecular weight is 703 g/mol. The highest BCUT2D eigenvalue weighted by Gasteiger charge is 2.41. The highest BCUT2D eigenvalue weighted by atomic mass is 19.4. The highest BCUT2D eigenvalue weighted by molar-refractivity contribution is 5.95. The van der Waals surface area contributed by atoms with Gasteiger partial charge in [0.15, 0.2) is 0 Å². The third-order valence-corrected chi connectivity index (χ3v) is 7.65. The number of alkyl halides is 3. The van der Waals surface area contributed by atoms with Gasteiger partial charge in [-0.05, 0) is 81.6 Å². The molecule has 1 aliphatic heterocycles. The normalized spacial score (nSPS) is 16.4. The summed E-state index contributed by atoms with van der Waals surface area (Å²) < 4.78 is 53.2. The highest BCUT2D eigenvalue weighted by Crippen LogP contribution is 2.41. The number of ether oxygens (including phenoxy) is 3. The Bertz CT molecular complexity index is 1620. The number of hydrogen-bond acceptors (Lipinski definition) is 9. The van der Waals surface area contributed by atoms with Crippen LogP contribution >= 0.6 is 0 Å². The summed E-state index contributed by atoms with van der Waals surface area (Å²) in [4.78, 5) is 60.9. The Morgan fingerprint density at radius 2 is 1.28 bits per heavy atom. The first-order chi connectivity index (χ1) is 23.5. The molecule has 15 heteroatoms. The standard InChI is InChI=1S/C20H18O8.C15H19F3N2O2/c1-11-3-7-13(8-4-11)19(25)27-15(17(21)22)16(18(23)24)28-20(26)14-9-5-12(2)6-10-14;1-3-10-8-12(19)11-7-9(15(16,17)18)5-6-13(11)20(10)14(21)22-4-2/h3-10,15-16H,1-2H3,(H,21,22)(H,23,24);5-7,10,12H,3-4,8,19H2,1-2H3/t15-,16-;/m0./s1. The molecule has 4 rings (SSSR count). The second-order valence-electron chi connectivity index (χ2n) is 11.3. The van der Waals surface area contributed by atoms with E-state index in [1.165, 1.54) is 35.2 Å². The summed E-state index contributed by atoms with van der Waals surface area (Å²) >= 11 is 0. The molecule has 4 atom stereocenters. The molecule has 0 saturated carbocycles. The van der Waals surface area contributed by atoms with Crippen molar-refractivity contribution in [2.45, 2.75) is 71.0 Å². The monoisotopic (exact) mass is 702 g/mol. The third kappa shape index (κ3) is 9.81. The van der Waals surface area contributed by atoms with E-state index in [1.54, 1.807) is 45.0 Å². The summed E-state index contributed by atoms with van der Waals surface area (Å²) in [6.07, 6.45) is -8.38. The van der Waals surface area contributed by atoms with Crippen molar-refractivity contribution in [3.8, 4) is 0 Å². The fourth-order valence-electron chi connectivity index (χ4n) is 4.99. The Morgan fingerprint density at radius 1 is 0.820 bits per heavy atom. The average Bonchev–Trinajstić information content (AvgIpc) is 3.06. The fourth-order valence-corrected chi connectivity index (χ4v) is 4.99. The van der Waals surface area contributed by atoms with Gasteiger partial charge >= 0.3 is 36.1 Å². The number of nitrogens with zero attached hydrogens (tertiary/aromatic N) is 1. The summed E-state index contributed by atoms with van der Waals surface area (Å²) in [5.74, 6) is -5.62. The Balaban J connectivity index is 0.000000278. The Hall–Kier alpha value is -5.44. The van der Waals surface area contributed by atoms with Crippen LogP contribution in [0, 0.1) is 13.8 Å². The molecule has 4 N–H and O–H groups in total. The summed E-state index contributed by atoms with van der Waals surface area (Å²) in [6.45, 7) is 7.37. The number of carboxylic acids is 2. The molecule has 50 heavy (non-hydrogen) atoms. The number of amides is 1. The predicted molar refractivity (Wildman–Crippen MR) is 173 cm³/mol. The molecule has 1 aliphatic rings. The van der Waals surface area contributed by atoms with Crippen LogP contribution in [0.1, 0.15) is 75.7 Å². The van der Waals surface area contributed by atoms with Crippen LogP contribution in [0.5, 0.6) is 0 Å². The molecule has 2 unspecified atom stereocenters. The van der Waals surface area contributed by atoms with Crippen LogP contribution in [0.2, 0.25) is 0 Å². The molecule has 1 heterocycles. The van der Waals surface area contributed by atoms with Crippen molar-refractivity contribution in [1.82, 2.24) is 0 Å². The summed E-state index contributed by atoms with van der Waals surface area (Å²) in [6, 6.07) is 14.6. The number of hydrogen-bond donors (Lipinski definition) is 3. The number of rotatable bonds is 9. The number of carbonyl (C=O) groups excluding carboxylic acids is 3. The zero-order chi connectivity index (χ0) is 37.3. The molecule has 268 valence electrons. The minimum Gasteiger partial charge on any atom is -0.478 e. The van der Waals surface area contributed by atoms with Gasteiger partial charge in [-0.3, -0.25) is 4.90 Å². The maximum absolute atomic E-state index is 12.9. The number of carbonyl (C=O) groups is 5. The van der Waals surface area contributed by atoms with Gasteiger partial charge in [0.05, 0.1) is 29.0 Å². The molecule has 3 aromatic carbocycles. The number of aryl methyl sites for hydroxylation is 2. The Morgan fingerprint density at radius 3 is 1.66 bits per heavy atom. The lowest BCUT2D eigenvalue weighted by Crippen LogP contribution is -2.46. The Kier molecular flexibility index (Phi) is 13.1. The van der Waals surface area contributed by atoms with Crippen molar-refractivity contribution in [3.05, 3.63) is 100 Å². The van der Waals surface area contributed by atoms with E-state index < -0.39 is 60.0 Å². The quantitative estimate of drug-likeness (QED) is 0.174. The van der Waals surface area contributed by atoms with Gasteiger partial charge < -0.3 is 30.2 Å². The van der Waals surface area contributed by atoms with Crippen molar-refractivity contribution in [3.63, 3.8) is 0 Å². The summed E-state index contributed by atoms with van der Waals surface area (Å²) in [7, 11) is 0. The van der Waals surface area contributed by atoms with Crippen molar-refractivity contribution in [1.29, 1.82) is 0 Å². The van der Waals surface area contributed by atoms with Gasteiger partial charge in [0.1, 0.15) is 0 Å². The first-order valence-corrected chi connectivity index (χ1v) is 15.4. The van der Waals surface area contributed by atoms with Crippen LogP contribution in [0.4, 0.5) is 23.7 Å². The lowest BCUT2D eigenvalue weighted by Gasteiger charge is -2.39. The van der Waals surface area contributed by atoms with Crippen LogP contribution in [-0.4, -0.2) is 65.0 Å². The fraction of sp³-hybridized carbons (Fsp3) is 0.343. The lowest BCUT2D eigenvalue weighted by molar-refractivity contribution is -0.166. The molecule has 0 saturated heterocycles. The van der Waals surface area contributed by atoms with Gasteiger partial charge in [-0.15, -0.1) is 0 Å². The first kappa shape index (κ1) is 39.0. The lowest BCUT2D eigenvalue weighted by atomic mass is 9.89. The van der Waals surface area contributed by atoms with E-state index in [1.807, 2.05) is 6.92 Å². The minimum atomic E-state index is -4.44. The van der Waals surface area contributed by atoms with Crippen LogP contribution in [0.15, 0.2) is 66.7 Å². The number of esters is 2. The van der Waals surface area contributed by atoms with Gasteiger partial charge in [0.2, 0.25) is 12.2 Å².